The van der Waals surface area contributed by atoms with Crippen LogP contribution in [0.1, 0.15) is 0 Å². The van der Waals surface area contributed by atoms with Gasteiger partial charge in [0.1, 0.15) is 19.0 Å². The van der Waals surface area contributed by atoms with Crippen LogP contribution >= 0.6 is 0 Å². The Morgan fingerprint density at radius 1 is 1.00 bits per heavy atom. The molecule has 25 heavy (non-hydrogen) atoms. The van der Waals surface area contributed by atoms with Crippen LogP contribution in [-0.4, -0.2) is 31.6 Å². The van der Waals surface area contributed by atoms with E-state index in [2.05, 4.69) is 5.32 Å². The van der Waals surface area contributed by atoms with Crippen molar-refractivity contribution in [1.82, 2.24) is 0 Å². The van der Waals surface area contributed by atoms with Gasteiger partial charge in [0.15, 0.2) is 12.2 Å². The number of esters is 1. The Kier molecular flexibility index (Phi) is 5.31. The lowest BCUT2D eigenvalue weighted by molar-refractivity contribution is -0.140. The minimum absolute atomic E-state index is 0.0309. The highest BCUT2D eigenvalue weighted by Crippen LogP contribution is 2.20. The molecule has 0 saturated carbocycles. The zero-order valence-electron chi connectivity index (χ0n) is 13.4. The van der Waals surface area contributed by atoms with Crippen molar-refractivity contribution in [2.75, 3.05) is 25.1 Å². The molecule has 2 aromatic rings. The third kappa shape index (κ3) is 4.38. The number of carbonyl (C=O) groups excluding carboxylic acids is 2. The maximum absolute atomic E-state index is 12.2. The number of Topliss-reactive ketones (excluding diaryl/α,β-unsaturated/α-hetero) is 1. The van der Waals surface area contributed by atoms with Crippen molar-refractivity contribution in [3.63, 3.8) is 0 Å². The van der Waals surface area contributed by atoms with Crippen molar-refractivity contribution >= 4 is 17.4 Å². The number of carbonyl (C=O) groups is 2. The van der Waals surface area contributed by atoms with Crippen LogP contribution in [0.4, 0.5) is 5.69 Å². The molecule has 0 spiro atoms. The third-order valence-electron chi connectivity index (χ3n) is 3.42. The van der Waals surface area contributed by atoms with Gasteiger partial charge in [0.25, 0.3) is 0 Å². The summed E-state index contributed by atoms with van der Waals surface area (Å²) in [5.41, 5.74) is 0.605. The molecular weight excluding hydrogens is 322 g/mol. The predicted molar refractivity (Wildman–Crippen MR) is 90.9 cm³/mol. The number of hydrogen-bond donors (Lipinski definition) is 1. The van der Waals surface area contributed by atoms with Gasteiger partial charge in [0.05, 0.1) is 0 Å². The summed E-state index contributed by atoms with van der Waals surface area (Å²) >= 11 is 0. The summed E-state index contributed by atoms with van der Waals surface area (Å²) in [5.74, 6) is -0.334. The molecule has 128 valence electrons. The summed E-state index contributed by atoms with van der Waals surface area (Å²) < 4.78 is 15.8. The van der Waals surface area contributed by atoms with E-state index in [9.17, 15) is 9.59 Å². The van der Waals surface area contributed by atoms with Crippen LogP contribution in [0.15, 0.2) is 72.1 Å². The predicted octanol–water partition coefficient (Wildman–Crippen LogP) is 2.53. The second-order valence-electron chi connectivity index (χ2n) is 5.20. The summed E-state index contributed by atoms with van der Waals surface area (Å²) in [7, 11) is 0. The average molecular weight is 339 g/mol. The SMILES string of the molecule is O=C1COC(Nc2ccccc2)=C1C(=O)OCCOc1ccccc1. The largest absolute Gasteiger partial charge is 0.490 e. The van der Waals surface area contributed by atoms with Gasteiger partial charge < -0.3 is 19.5 Å². The van der Waals surface area contributed by atoms with Crippen molar-refractivity contribution < 1.29 is 23.8 Å². The van der Waals surface area contributed by atoms with Gasteiger partial charge in [-0.1, -0.05) is 36.4 Å². The van der Waals surface area contributed by atoms with Crippen LogP contribution in [0.3, 0.4) is 0 Å². The van der Waals surface area contributed by atoms with E-state index >= 15 is 0 Å². The Morgan fingerprint density at radius 3 is 2.40 bits per heavy atom. The maximum Gasteiger partial charge on any atom is 0.347 e. The van der Waals surface area contributed by atoms with E-state index in [1.165, 1.54) is 0 Å². The van der Waals surface area contributed by atoms with E-state index in [1.807, 2.05) is 36.4 Å². The molecule has 0 bridgehead atoms. The van der Waals surface area contributed by atoms with E-state index in [-0.39, 0.29) is 31.3 Å². The zero-order chi connectivity index (χ0) is 17.5. The van der Waals surface area contributed by atoms with Gasteiger partial charge >= 0.3 is 5.97 Å². The molecule has 0 fully saturated rings. The zero-order valence-corrected chi connectivity index (χ0v) is 13.4. The highest BCUT2D eigenvalue weighted by molar-refractivity contribution is 6.19. The summed E-state index contributed by atoms with van der Waals surface area (Å²) in [6, 6.07) is 18.3. The smallest absolute Gasteiger partial charge is 0.347 e. The van der Waals surface area contributed by atoms with Crippen LogP contribution in [-0.2, 0) is 19.1 Å². The van der Waals surface area contributed by atoms with Crippen LogP contribution < -0.4 is 10.1 Å². The fourth-order valence-corrected chi connectivity index (χ4v) is 2.25. The highest BCUT2D eigenvalue weighted by atomic mass is 16.6. The molecule has 2 aromatic carbocycles. The molecule has 0 saturated heterocycles. The molecule has 1 heterocycles. The molecule has 1 N–H and O–H groups in total. The van der Waals surface area contributed by atoms with Gasteiger partial charge in [-0.05, 0) is 24.3 Å². The molecule has 1 aliphatic heterocycles. The minimum atomic E-state index is -0.724. The van der Waals surface area contributed by atoms with Crippen LogP contribution in [0.2, 0.25) is 0 Å². The van der Waals surface area contributed by atoms with Crippen LogP contribution in [0, 0.1) is 0 Å². The maximum atomic E-state index is 12.2. The van der Waals surface area contributed by atoms with Crippen molar-refractivity contribution in [2.24, 2.45) is 0 Å². The van der Waals surface area contributed by atoms with Gasteiger partial charge in [-0.25, -0.2) is 4.79 Å². The summed E-state index contributed by atoms with van der Waals surface area (Å²) in [6.07, 6.45) is 0. The number of ether oxygens (including phenoxy) is 3. The average Bonchev–Trinajstić information content (AvgIpc) is 3.00. The Hall–Kier alpha value is -3.28. The number of ketones is 1. The van der Waals surface area contributed by atoms with E-state index in [4.69, 9.17) is 14.2 Å². The molecule has 0 aliphatic carbocycles. The van der Waals surface area contributed by atoms with Gasteiger partial charge in [0, 0.05) is 5.69 Å². The number of benzene rings is 2. The standard InChI is InChI=1S/C19H17NO5/c21-16-13-25-18(20-14-7-3-1-4-8-14)17(16)19(22)24-12-11-23-15-9-5-2-6-10-15/h1-10,20H,11-13H2. The lowest BCUT2D eigenvalue weighted by Gasteiger charge is -2.09. The van der Waals surface area contributed by atoms with E-state index in [0.29, 0.717) is 11.4 Å². The third-order valence-corrected chi connectivity index (χ3v) is 3.42. The molecule has 1 aliphatic rings. The van der Waals surface area contributed by atoms with Gasteiger partial charge in [-0.15, -0.1) is 0 Å². The second kappa shape index (κ2) is 8.01. The number of anilines is 1. The van der Waals surface area contributed by atoms with Gasteiger partial charge in [-0.3, -0.25) is 4.79 Å². The second-order valence-corrected chi connectivity index (χ2v) is 5.20. The summed E-state index contributed by atoms with van der Waals surface area (Å²) in [6.45, 7) is 0.0444. The molecule has 0 atom stereocenters. The molecule has 0 radical (unpaired) electrons. The topological polar surface area (TPSA) is 73.9 Å². The Balaban J connectivity index is 1.57. The number of rotatable bonds is 7. The quantitative estimate of drug-likeness (QED) is 0.475. The molecule has 0 aromatic heterocycles. The van der Waals surface area contributed by atoms with Crippen LogP contribution in [0.25, 0.3) is 0 Å². The van der Waals surface area contributed by atoms with Gasteiger partial charge in [-0.2, -0.15) is 0 Å². The first-order valence-corrected chi connectivity index (χ1v) is 7.81. The minimum Gasteiger partial charge on any atom is -0.490 e. The van der Waals surface area contributed by atoms with E-state index < -0.39 is 11.8 Å². The molecule has 0 amide bonds. The first kappa shape index (κ1) is 16.6. The molecule has 0 unspecified atom stereocenters. The van der Waals surface area contributed by atoms with E-state index in [0.717, 1.165) is 0 Å². The van der Waals surface area contributed by atoms with Crippen molar-refractivity contribution in [1.29, 1.82) is 0 Å². The highest BCUT2D eigenvalue weighted by Gasteiger charge is 2.32. The van der Waals surface area contributed by atoms with Crippen molar-refractivity contribution in [3.8, 4) is 5.75 Å². The lowest BCUT2D eigenvalue weighted by Crippen LogP contribution is -2.19. The molecule has 6 nitrogen and oxygen atoms in total. The van der Waals surface area contributed by atoms with Crippen LogP contribution in [0.5, 0.6) is 5.75 Å². The van der Waals surface area contributed by atoms with E-state index in [1.54, 1.807) is 24.3 Å². The Morgan fingerprint density at radius 2 is 1.68 bits per heavy atom. The Labute approximate surface area is 145 Å². The number of nitrogens with one attached hydrogen (secondary N) is 1. The number of hydrogen-bond acceptors (Lipinski definition) is 6. The van der Waals surface area contributed by atoms with Crippen molar-refractivity contribution in [2.45, 2.75) is 0 Å². The number of para-hydroxylation sites is 2. The monoisotopic (exact) mass is 339 g/mol. The summed E-state index contributed by atoms with van der Waals surface area (Å²) in [4.78, 5) is 24.1. The first-order chi connectivity index (χ1) is 12.2. The molecular formula is C19H17NO5. The summed E-state index contributed by atoms with van der Waals surface area (Å²) in [5, 5.41) is 2.92. The van der Waals surface area contributed by atoms with Gasteiger partial charge in [0.2, 0.25) is 11.7 Å². The lowest BCUT2D eigenvalue weighted by atomic mass is 10.2. The van der Waals surface area contributed by atoms with Crippen molar-refractivity contribution in [3.05, 3.63) is 72.1 Å². The normalized spacial score (nSPS) is 13.4. The Bertz CT molecular complexity index is 771. The fourth-order valence-electron chi connectivity index (χ4n) is 2.25. The fraction of sp³-hybridized carbons (Fsp3) is 0.158. The molecule has 3 rings (SSSR count). The first-order valence-electron chi connectivity index (χ1n) is 7.81. The molecule has 6 heteroatoms.